The van der Waals surface area contributed by atoms with Crippen LogP contribution in [-0.4, -0.2) is 45.8 Å². The number of unbranched alkanes of at least 4 members (excludes halogenated alkanes) is 6. The fraction of sp³-hybridized carbons (Fsp3) is 0.630. The zero-order valence-corrected chi connectivity index (χ0v) is 20.6. The molecule has 35 heavy (non-hydrogen) atoms. The molecule has 0 saturated heterocycles. The van der Waals surface area contributed by atoms with Crippen molar-refractivity contribution in [2.75, 3.05) is 6.61 Å². The van der Waals surface area contributed by atoms with Crippen molar-refractivity contribution in [3.63, 3.8) is 0 Å². The molecule has 0 fully saturated rings. The van der Waals surface area contributed by atoms with Crippen LogP contribution in [0, 0.1) is 11.8 Å². The Bertz CT molecular complexity index is 880. The molecule has 0 aromatic heterocycles. The average molecular weight is 491 g/mol. The molecule has 0 aromatic carbocycles. The summed E-state index contributed by atoms with van der Waals surface area (Å²) in [6, 6.07) is 0. The van der Waals surface area contributed by atoms with Gasteiger partial charge in [0.2, 0.25) is 0 Å². The van der Waals surface area contributed by atoms with Crippen molar-refractivity contribution in [3.05, 3.63) is 34.4 Å². The summed E-state index contributed by atoms with van der Waals surface area (Å²) in [5.74, 6) is -5.01. The van der Waals surface area contributed by atoms with Gasteiger partial charge in [0.05, 0.1) is 12.2 Å². The van der Waals surface area contributed by atoms with Crippen LogP contribution < -0.4 is 0 Å². The second kappa shape index (κ2) is 14.6. The number of aliphatic hydroxyl groups is 1. The number of aliphatic carboxylic acids is 2. The van der Waals surface area contributed by atoms with Crippen molar-refractivity contribution in [1.82, 2.24) is 0 Å². The number of hydrogen-bond donors (Lipinski definition) is 3. The number of carbonyl (C=O) groups is 4. The molecular weight excluding hydrogens is 452 g/mol. The fourth-order valence-corrected chi connectivity index (χ4v) is 5.07. The molecule has 2 rings (SSSR count). The van der Waals surface area contributed by atoms with Crippen LogP contribution in [0.1, 0.15) is 90.4 Å². The van der Waals surface area contributed by atoms with Crippen LogP contribution in [-0.2, 0) is 23.9 Å². The van der Waals surface area contributed by atoms with E-state index in [9.17, 15) is 29.4 Å². The largest absolute Gasteiger partial charge is 0.478 e. The van der Waals surface area contributed by atoms with E-state index in [1.165, 1.54) is 0 Å². The standard InChI is InChI=1S/C27H38O8/c1-2-3-4-5-6-10-13-19-17-21-20(26(33)35-27(21)34)15-18(12-9-7-8-11-14-28)16-22(24(29)30)23(19)25(31)32/h8,11,18-19,28H,2-7,9-10,12-17H2,1H3,(H,29,30)(H,31,32)/b11-8+,23-22?/t18-,19-/m1/s1. The van der Waals surface area contributed by atoms with Gasteiger partial charge in [-0.05, 0) is 56.8 Å². The van der Waals surface area contributed by atoms with Crippen LogP contribution in [0.4, 0.5) is 0 Å². The van der Waals surface area contributed by atoms with Gasteiger partial charge >= 0.3 is 23.9 Å². The van der Waals surface area contributed by atoms with Crippen LogP contribution in [0.15, 0.2) is 34.4 Å². The van der Waals surface area contributed by atoms with E-state index in [0.29, 0.717) is 32.1 Å². The minimum absolute atomic E-state index is 0.000756. The lowest BCUT2D eigenvalue weighted by molar-refractivity contribution is -0.151. The zero-order chi connectivity index (χ0) is 25.8. The second-order valence-electron chi connectivity index (χ2n) is 9.45. The Morgan fingerprint density at radius 2 is 1.51 bits per heavy atom. The lowest BCUT2D eigenvalue weighted by Gasteiger charge is -2.21. The Balaban J connectivity index is 2.38. The van der Waals surface area contributed by atoms with E-state index >= 15 is 0 Å². The highest BCUT2D eigenvalue weighted by molar-refractivity contribution is 6.12. The molecule has 0 aromatic rings. The summed E-state index contributed by atoms with van der Waals surface area (Å²) in [6.45, 7) is 2.06. The maximum atomic E-state index is 12.5. The third-order valence-electron chi connectivity index (χ3n) is 6.86. The molecule has 8 nitrogen and oxygen atoms in total. The normalized spacial score (nSPS) is 21.1. The number of allylic oxidation sites excluding steroid dienone is 1. The number of carbonyl (C=O) groups excluding carboxylic acids is 2. The number of aliphatic hydroxyl groups excluding tert-OH is 1. The Kier molecular flexibility index (Phi) is 11.9. The van der Waals surface area contributed by atoms with E-state index in [1.54, 1.807) is 6.08 Å². The van der Waals surface area contributed by atoms with Gasteiger partial charge in [0.25, 0.3) is 0 Å². The summed E-state index contributed by atoms with van der Waals surface area (Å²) in [5.41, 5.74) is 0.167. The second-order valence-corrected chi connectivity index (χ2v) is 9.45. The first-order valence-electron chi connectivity index (χ1n) is 12.7. The summed E-state index contributed by atoms with van der Waals surface area (Å²) < 4.78 is 4.88. The monoisotopic (exact) mass is 490 g/mol. The summed E-state index contributed by atoms with van der Waals surface area (Å²) in [4.78, 5) is 49.6. The number of cyclic esters (lactones) is 2. The number of ether oxygens (including phenoxy) is 1. The lowest BCUT2D eigenvalue weighted by Crippen LogP contribution is -2.21. The quantitative estimate of drug-likeness (QED) is 0.138. The van der Waals surface area contributed by atoms with Gasteiger partial charge in [-0.3, -0.25) is 0 Å². The number of esters is 2. The van der Waals surface area contributed by atoms with Gasteiger partial charge < -0.3 is 20.1 Å². The van der Waals surface area contributed by atoms with Gasteiger partial charge in [-0.1, -0.05) is 57.6 Å². The lowest BCUT2D eigenvalue weighted by atomic mass is 9.83. The summed E-state index contributed by atoms with van der Waals surface area (Å²) in [7, 11) is 0. The van der Waals surface area contributed by atoms with Gasteiger partial charge in [0, 0.05) is 16.7 Å². The highest BCUT2D eigenvalue weighted by atomic mass is 16.6. The predicted octanol–water partition coefficient (Wildman–Crippen LogP) is 4.72. The van der Waals surface area contributed by atoms with Gasteiger partial charge in [-0.25, -0.2) is 19.2 Å². The summed E-state index contributed by atoms with van der Waals surface area (Å²) >= 11 is 0. The highest BCUT2D eigenvalue weighted by Crippen LogP contribution is 2.40. The minimum atomic E-state index is -1.29. The molecule has 1 aliphatic heterocycles. The van der Waals surface area contributed by atoms with Crippen molar-refractivity contribution in [3.8, 4) is 0 Å². The molecule has 194 valence electrons. The van der Waals surface area contributed by atoms with Gasteiger partial charge in [-0.15, -0.1) is 0 Å². The van der Waals surface area contributed by atoms with Crippen LogP contribution in [0.3, 0.4) is 0 Å². The fourth-order valence-electron chi connectivity index (χ4n) is 5.07. The summed E-state index contributed by atoms with van der Waals surface area (Å²) in [5, 5.41) is 28.9. The molecule has 2 aliphatic rings. The molecule has 3 N–H and O–H groups in total. The SMILES string of the molecule is CCCCCCCC[C@@H]1CC2=C(C[C@@H](CCC/C=C/CO)CC(C(=O)O)=C1C(=O)O)C(=O)OC2=O. The molecule has 0 radical (unpaired) electrons. The molecule has 0 spiro atoms. The molecule has 0 unspecified atom stereocenters. The number of hydrogen-bond acceptors (Lipinski definition) is 6. The molecular formula is C27H38O8. The minimum Gasteiger partial charge on any atom is -0.478 e. The van der Waals surface area contributed by atoms with Crippen molar-refractivity contribution in [1.29, 1.82) is 0 Å². The van der Waals surface area contributed by atoms with Gasteiger partial charge in [-0.2, -0.15) is 0 Å². The molecule has 8 heteroatoms. The predicted molar refractivity (Wildman–Crippen MR) is 129 cm³/mol. The van der Waals surface area contributed by atoms with Crippen LogP contribution in [0.5, 0.6) is 0 Å². The maximum Gasteiger partial charge on any atom is 0.342 e. The van der Waals surface area contributed by atoms with Crippen molar-refractivity contribution in [2.24, 2.45) is 11.8 Å². The average Bonchev–Trinajstić information content (AvgIpc) is 3.09. The topological polar surface area (TPSA) is 138 Å². The number of rotatable bonds is 14. The van der Waals surface area contributed by atoms with E-state index in [1.807, 2.05) is 6.08 Å². The Morgan fingerprint density at radius 1 is 0.857 bits per heavy atom. The van der Waals surface area contributed by atoms with E-state index in [-0.39, 0.29) is 54.1 Å². The van der Waals surface area contributed by atoms with E-state index in [2.05, 4.69) is 6.92 Å². The zero-order valence-electron chi connectivity index (χ0n) is 20.6. The first-order valence-corrected chi connectivity index (χ1v) is 12.7. The van der Waals surface area contributed by atoms with Crippen LogP contribution in [0.25, 0.3) is 0 Å². The Morgan fingerprint density at radius 3 is 2.14 bits per heavy atom. The summed E-state index contributed by atoms with van der Waals surface area (Å²) in [6.07, 6.45) is 11.9. The maximum absolute atomic E-state index is 12.5. The highest BCUT2D eigenvalue weighted by Gasteiger charge is 2.40. The molecule has 0 amide bonds. The Labute approximate surface area is 206 Å². The molecule has 0 saturated carbocycles. The van der Waals surface area contributed by atoms with Gasteiger partial charge in [0.1, 0.15) is 0 Å². The first-order chi connectivity index (χ1) is 16.8. The smallest absolute Gasteiger partial charge is 0.342 e. The van der Waals surface area contributed by atoms with E-state index in [4.69, 9.17) is 9.84 Å². The number of carboxylic acids is 2. The third-order valence-corrected chi connectivity index (χ3v) is 6.86. The molecule has 1 aliphatic carbocycles. The Hall–Kier alpha value is -2.74. The van der Waals surface area contributed by atoms with Crippen molar-refractivity contribution >= 4 is 23.9 Å². The molecule has 1 heterocycles. The van der Waals surface area contributed by atoms with E-state index < -0.39 is 29.8 Å². The first kappa shape index (κ1) is 28.5. The van der Waals surface area contributed by atoms with Crippen LogP contribution >= 0.6 is 0 Å². The molecule has 0 bridgehead atoms. The van der Waals surface area contributed by atoms with Crippen molar-refractivity contribution in [2.45, 2.75) is 90.4 Å². The van der Waals surface area contributed by atoms with Crippen LogP contribution in [0.2, 0.25) is 0 Å². The van der Waals surface area contributed by atoms with Crippen molar-refractivity contribution < 1.29 is 39.2 Å². The molecule has 2 atom stereocenters. The van der Waals surface area contributed by atoms with Gasteiger partial charge in [0.15, 0.2) is 0 Å². The third kappa shape index (κ3) is 8.46. The van der Waals surface area contributed by atoms with E-state index in [0.717, 1.165) is 32.1 Å². The number of carboxylic acid groups (broad SMARTS) is 2.